The summed E-state index contributed by atoms with van der Waals surface area (Å²) in [5.41, 5.74) is 0.416. The highest BCUT2D eigenvalue weighted by atomic mass is 19.1. The molecule has 0 radical (unpaired) electrons. The largest absolute Gasteiger partial charge is 0.331 e. The first-order valence-corrected chi connectivity index (χ1v) is 10.3. The van der Waals surface area contributed by atoms with Gasteiger partial charge in [0.25, 0.3) is 5.91 Å². The fourth-order valence-corrected chi connectivity index (χ4v) is 3.66. The first-order chi connectivity index (χ1) is 14.5. The molecule has 0 aromatic heterocycles. The number of anilines is 1. The van der Waals surface area contributed by atoms with E-state index in [1.54, 1.807) is 20.8 Å². The minimum Gasteiger partial charge on any atom is -0.331 e. The van der Waals surface area contributed by atoms with Crippen LogP contribution in [0.15, 0.2) is 18.2 Å². The smallest absolute Gasteiger partial charge is 0.319 e. The highest BCUT2D eigenvalue weighted by Crippen LogP contribution is 2.27. The number of rotatable bonds is 7. The van der Waals surface area contributed by atoms with Crippen LogP contribution in [0, 0.1) is 23.0 Å². The van der Waals surface area contributed by atoms with Gasteiger partial charge in [-0.2, -0.15) is 0 Å². The van der Waals surface area contributed by atoms with Crippen LogP contribution in [-0.2, 0) is 9.59 Å². The van der Waals surface area contributed by atoms with Gasteiger partial charge in [0.15, 0.2) is 0 Å². The minimum atomic E-state index is -1.06. The summed E-state index contributed by atoms with van der Waals surface area (Å²) in [7, 11) is 0. The molecule has 2 rings (SSSR count). The Morgan fingerprint density at radius 1 is 1.19 bits per heavy atom. The Balaban J connectivity index is 2.18. The molecule has 0 aliphatic heterocycles. The van der Waals surface area contributed by atoms with Crippen molar-refractivity contribution in [3.05, 3.63) is 29.8 Å². The average Bonchev–Trinajstić information content (AvgIpc) is 3.20. The molecule has 1 saturated carbocycles. The van der Waals surface area contributed by atoms with Gasteiger partial charge in [0.05, 0.1) is 5.69 Å². The molecule has 0 heterocycles. The zero-order chi connectivity index (χ0) is 23.2. The molecule has 0 bridgehead atoms. The second-order valence-corrected chi connectivity index (χ2v) is 8.93. The highest BCUT2D eigenvalue weighted by Gasteiger charge is 2.37. The van der Waals surface area contributed by atoms with E-state index in [0.29, 0.717) is 6.54 Å². The molecule has 1 atom stereocenters. The van der Waals surface area contributed by atoms with Crippen LogP contribution in [0.25, 0.3) is 0 Å². The van der Waals surface area contributed by atoms with Crippen molar-refractivity contribution in [3.63, 3.8) is 0 Å². The van der Waals surface area contributed by atoms with E-state index in [1.165, 1.54) is 10.4 Å². The maximum absolute atomic E-state index is 13.8. The van der Waals surface area contributed by atoms with Crippen LogP contribution in [-0.4, -0.2) is 47.1 Å². The van der Waals surface area contributed by atoms with Gasteiger partial charge in [-0.25, -0.2) is 19.1 Å². The summed E-state index contributed by atoms with van der Waals surface area (Å²) in [6.45, 7) is 5.16. The summed E-state index contributed by atoms with van der Waals surface area (Å²) in [4.78, 5) is 38.9. The molecule has 1 aromatic carbocycles. The van der Waals surface area contributed by atoms with Crippen molar-refractivity contribution in [1.82, 2.24) is 15.7 Å². The number of nitrogens with one attached hydrogen (secondary N) is 3. The lowest BCUT2D eigenvalue weighted by molar-refractivity contribution is -0.142. The van der Waals surface area contributed by atoms with Gasteiger partial charge in [-0.05, 0) is 36.3 Å². The second-order valence-electron chi connectivity index (χ2n) is 8.93. The van der Waals surface area contributed by atoms with Gasteiger partial charge in [0, 0.05) is 12.6 Å². The fraction of sp³-hybridized carbons (Fsp3) is 0.571. The lowest BCUT2D eigenvalue weighted by Crippen LogP contribution is -2.57. The predicted molar refractivity (Wildman–Crippen MR) is 110 cm³/mol. The van der Waals surface area contributed by atoms with Crippen molar-refractivity contribution in [3.8, 4) is 0 Å². The molecule has 0 spiro atoms. The van der Waals surface area contributed by atoms with Crippen LogP contribution in [0.2, 0.25) is 0 Å². The van der Waals surface area contributed by atoms with Crippen LogP contribution < -0.4 is 16.1 Å². The van der Waals surface area contributed by atoms with Crippen molar-refractivity contribution >= 4 is 23.5 Å². The molecule has 4 amide bonds. The second kappa shape index (κ2) is 10.5. The zero-order valence-corrected chi connectivity index (χ0v) is 18.0. The first-order valence-electron chi connectivity index (χ1n) is 10.3. The van der Waals surface area contributed by atoms with Gasteiger partial charge < -0.3 is 15.5 Å². The van der Waals surface area contributed by atoms with Crippen molar-refractivity contribution in [2.75, 3.05) is 18.4 Å². The maximum atomic E-state index is 13.8. The first kappa shape index (κ1) is 24.5. The highest BCUT2D eigenvalue weighted by molar-refractivity contribution is 5.95. The number of hydroxylamine groups is 1. The van der Waals surface area contributed by atoms with E-state index >= 15 is 0 Å². The third kappa shape index (κ3) is 7.16. The van der Waals surface area contributed by atoms with E-state index in [0.717, 1.165) is 43.9 Å². The number of hydrogen-bond donors (Lipinski definition) is 4. The molecule has 4 N–H and O–H groups in total. The Bertz CT molecular complexity index is 807. The summed E-state index contributed by atoms with van der Waals surface area (Å²) < 4.78 is 27.2. The van der Waals surface area contributed by atoms with Gasteiger partial charge in [-0.1, -0.05) is 33.6 Å². The summed E-state index contributed by atoms with van der Waals surface area (Å²) in [5.74, 6) is -2.56. The van der Waals surface area contributed by atoms with E-state index in [9.17, 15) is 23.2 Å². The normalized spacial score (nSPS) is 15.3. The monoisotopic (exact) mass is 440 g/mol. The molecule has 1 aliphatic carbocycles. The van der Waals surface area contributed by atoms with E-state index in [4.69, 9.17) is 5.21 Å². The molecule has 172 valence electrons. The van der Waals surface area contributed by atoms with Crippen molar-refractivity contribution in [2.24, 2.45) is 11.3 Å². The van der Waals surface area contributed by atoms with E-state index < -0.39 is 40.9 Å². The van der Waals surface area contributed by atoms with Crippen molar-refractivity contribution in [2.45, 2.75) is 52.5 Å². The lowest BCUT2D eigenvalue weighted by Gasteiger charge is -2.35. The molecule has 0 saturated heterocycles. The Morgan fingerprint density at radius 3 is 2.42 bits per heavy atom. The predicted octanol–water partition coefficient (Wildman–Crippen LogP) is 3.03. The van der Waals surface area contributed by atoms with Crippen LogP contribution in [0.5, 0.6) is 0 Å². The minimum absolute atomic E-state index is 0.228. The topological polar surface area (TPSA) is 111 Å². The average molecular weight is 440 g/mol. The third-order valence-electron chi connectivity index (χ3n) is 5.29. The van der Waals surface area contributed by atoms with Crippen LogP contribution in [0.1, 0.15) is 46.5 Å². The number of halogens is 2. The quantitative estimate of drug-likeness (QED) is 0.386. The number of carbonyl (C=O) groups excluding carboxylic acids is 3. The van der Waals surface area contributed by atoms with Gasteiger partial charge >= 0.3 is 6.03 Å². The number of hydrogen-bond acceptors (Lipinski definition) is 4. The molecular weight excluding hydrogens is 410 g/mol. The molecule has 0 unspecified atom stereocenters. The SMILES string of the molecule is CC(C)(C)[C@H](NC(=O)Nc1cc(F)ccc1F)C(=O)N(CC(=O)NO)CC1CCCC1. The van der Waals surface area contributed by atoms with Gasteiger partial charge in [0.2, 0.25) is 5.91 Å². The van der Waals surface area contributed by atoms with Gasteiger partial charge in [0.1, 0.15) is 24.2 Å². The third-order valence-corrected chi connectivity index (χ3v) is 5.29. The summed E-state index contributed by atoms with van der Waals surface area (Å²) >= 11 is 0. The Kier molecular flexibility index (Phi) is 8.32. The van der Waals surface area contributed by atoms with E-state index in [-0.39, 0.29) is 18.2 Å². The summed E-state index contributed by atoms with van der Waals surface area (Å²) in [6, 6.07) is 0.698. The standard InChI is InChI=1S/C21H30F2N4O4/c1-21(2,3)18(25-20(30)24-16-10-14(22)8-9-15(16)23)19(29)27(12-17(28)26-31)11-13-6-4-5-7-13/h8-10,13,18,31H,4-7,11-12H2,1-3H3,(H,26,28)(H2,24,25,30)/t18-/m1/s1. The molecule has 1 fully saturated rings. The van der Waals surface area contributed by atoms with E-state index in [2.05, 4.69) is 10.6 Å². The Labute approximate surface area is 180 Å². The molecule has 10 heteroatoms. The number of benzene rings is 1. The van der Waals surface area contributed by atoms with Crippen LogP contribution in [0.4, 0.5) is 19.3 Å². The zero-order valence-electron chi connectivity index (χ0n) is 18.0. The fourth-order valence-electron chi connectivity index (χ4n) is 3.66. The molecule has 8 nitrogen and oxygen atoms in total. The Morgan fingerprint density at radius 2 is 1.84 bits per heavy atom. The maximum Gasteiger partial charge on any atom is 0.319 e. The summed E-state index contributed by atoms with van der Waals surface area (Å²) in [6.07, 6.45) is 3.94. The Hall–Kier alpha value is -2.75. The molecule has 31 heavy (non-hydrogen) atoms. The number of carbonyl (C=O) groups is 3. The van der Waals surface area contributed by atoms with Crippen LogP contribution in [0.3, 0.4) is 0 Å². The summed E-state index contributed by atoms with van der Waals surface area (Å²) in [5, 5.41) is 13.6. The number of urea groups is 1. The van der Waals surface area contributed by atoms with Crippen LogP contribution >= 0.6 is 0 Å². The van der Waals surface area contributed by atoms with Gasteiger partial charge in [-0.3, -0.25) is 14.8 Å². The van der Waals surface area contributed by atoms with E-state index in [1.807, 2.05) is 0 Å². The van der Waals surface area contributed by atoms with Crippen molar-refractivity contribution < 1.29 is 28.4 Å². The number of nitrogens with zero attached hydrogens (tertiary/aromatic N) is 1. The van der Waals surface area contributed by atoms with Crippen molar-refractivity contribution in [1.29, 1.82) is 0 Å². The lowest BCUT2D eigenvalue weighted by atomic mass is 9.85. The van der Waals surface area contributed by atoms with Gasteiger partial charge in [-0.15, -0.1) is 0 Å². The molecule has 1 aromatic rings. The molecular formula is C21H30F2N4O4. The number of amides is 4. The molecule has 1 aliphatic rings.